The Morgan fingerprint density at radius 3 is 1.97 bits per heavy atom. The van der Waals surface area contributed by atoms with Crippen molar-refractivity contribution in [3.63, 3.8) is 0 Å². The van der Waals surface area contributed by atoms with Gasteiger partial charge in [-0.15, -0.1) is 0 Å². The minimum Gasteiger partial charge on any atom is -0.425 e. The van der Waals surface area contributed by atoms with Crippen molar-refractivity contribution in [3.8, 4) is 5.75 Å². The van der Waals surface area contributed by atoms with Crippen LogP contribution in [-0.4, -0.2) is 11.0 Å². The Hall–Kier alpha value is -1.38. The molecule has 0 radical (unpaired) electrons. The first-order chi connectivity index (χ1) is 16.2. The van der Waals surface area contributed by atoms with E-state index < -0.39 is 0 Å². The Kier molecular flexibility index (Phi) is 11.8. The summed E-state index contributed by atoms with van der Waals surface area (Å²) >= 11 is 0. The summed E-state index contributed by atoms with van der Waals surface area (Å²) in [6, 6.07) is 3.90. The third-order valence-electron chi connectivity index (χ3n) is 8.40. The maximum Gasteiger partial charge on any atom is 0.314 e. The Balaban J connectivity index is 1.27. The molecule has 33 heavy (non-hydrogen) atoms. The van der Waals surface area contributed by atoms with E-state index >= 15 is 0 Å². The fourth-order valence-corrected chi connectivity index (χ4v) is 6.00. The number of aryl methyl sites for hydroxylation is 1. The lowest BCUT2D eigenvalue weighted by molar-refractivity contribution is -0.140. The van der Waals surface area contributed by atoms with Crippen molar-refractivity contribution in [2.45, 2.75) is 129 Å². The number of esters is 1. The van der Waals surface area contributed by atoms with Gasteiger partial charge in [-0.05, 0) is 68.4 Å². The molecule has 0 atom stereocenters. The highest BCUT2D eigenvalue weighted by molar-refractivity contribution is 5.75. The van der Waals surface area contributed by atoms with E-state index in [1.807, 2.05) is 12.1 Å². The summed E-state index contributed by atoms with van der Waals surface area (Å²) in [5, 5.41) is 0. The van der Waals surface area contributed by atoms with Crippen LogP contribution in [0.15, 0.2) is 18.3 Å². The quantitative estimate of drug-likeness (QED) is 0.220. The third-order valence-corrected chi connectivity index (χ3v) is 8.40. The molecule has 0 unspecified atom stereocenters. The van der Waals surface area contributed by atoms with Crippen molar-refractivity contribution in [3.05, 3.63) is 24.0 Å². The molecule has 0 aromatic carbocycles. The van der Waals surface area contributed by atoms with Crippen LogP contribution in [0.1, 0.15) is 129 Å². The van der Waals surface area contributed by atoms with Crippen LogP contribution < -0.4 is 4.74 Å². The highest BCUT2D eigenvalue weighted by atomic mass is 16.5. The van der Waals surface area contributed by atoms with Crippen LogP contribution in [0.25, 0.3) is 0 Å². The summed E-state index contributed by atoms with van der Waals surface area (Å²) in [5.41, 5.74) is 1.08. The smallest absolute Gasteiger partial charge is 0.314 e. The maximum atomic E-state index is 12.6. The second kappa shape index (κ2) is 14.8. The molecule has 0 amide bonds. The van der Waals surface area contributed by atoms with Crippen LogP contribution in [-0.2, 0) is 11.2 Å². The first-order valence-electron chi connectivity index (χ1n) is 14.3. The lowest BCUT2D eigenvalue weighted by atomic mass is 9.75. The molecule has 3 nitrogen and oxygen atoms in total. The van der Waals surface area contributed by atoms with Gasteiger partial charge in [0.2, 0.25) is 0 Å². The number of pyridine rings is 1. The topological polar surface area (TPSA) is 39.2 Å². The highest BCUT2D eigenvalue weighted by Crippen LogP contribution is 2.38. The molecule has 2 aliphatic rings. The number of aromatic nitrogens is 1. The first-order valence-corrected chi connectivity index (χ1v) is 14.3. The molecule has 0 bridgehead atoms. The Morgan fingerprint density at radius 1 is 0.788 bits per heavy atom. The number of ether oxygens (including phenoxy) is 1. The van der Waals surface area contributed by atoms with Crippen LogP contribution in [0, 0.1) is 23.7 Å². The summed E-state index contributed by atoms with van der Waals surface area (Å²) in [6.45, 7) is 4.49. The molecular weight excluding hydrogens is 406 g/mol. The molecule has 2 saturated carbocycles. The van der Waals surface area contributed by atoms with E-state index in [9.17, 15) is 4.79 Å². The summed E-state index contributed by atoms with van der Waals surface area (Å²) in [5.74, 6) is 3.43. The van der Waals surface area contributed by atoms with Crippen molar-refractivity contribution in [1.29, 1.82) is 0 Å². The normalized spacial score (nSPS) is 25.6. The molecule has 2 fully saturated rings. The van der Waals surface area contributed by atoms with Crippen molar-refractivity contribution in [2.24, 2.45) is 23.7 Å². The summed E-state index contributed by atoms with van der Waals surface area (Å²) in [7, 11) is 0. The second-order valence-electron chi connectivity index (χ2n) is 11.0. The van der Waals surface area contributed by atoms with E-state index in [1.165, 1.54) is 89.9 Å². The van der Waals surface area contributed by atoms with Gasteiger partial charge < -0.3 is 4.74 Å². The van der Waals surface area contributed by atoms with Gasteiger partial charge in [-0.3, -0.25) is 9.78 Å². The minimum absolute atomic E-state index is 0.0474. The number of unbranched alkanes of at least 4 members (excludes halogenated alkanes) is 4. The predicted octanol–water partition coefficient (Wildman–Crippen LogP) is 8.69. The van der Waals surface area contributed by atoms with Crippen molar-refractivity contribution < 1.29 is 9.53 Å². The second-order valence-corrected chi connectivity index (χ2v) is 11.0. The van der Waals surface area contributed by atoms with Crippen molar-refractivity contribution >= 4 is 5.97 Å². The van der Waals surface area contributed by atoms with E-state index in [-0.39, 0.29) is 11.9 Å². The average molecular weight is 456 g/mol. The highest BCUT2D eigenvalue weighted by Gasteiger charge is 2.29. The van der Waals surface area contributed by atoms with E-state index in [2.05, 4.69) is 18.8 Å². The summed E-state index contributed by atoms with van der Waals surface area (Å²) < 4.78 is 5.65. The number of carbonyl (C=O) groups excluding carboxylic acids is 1. The molecule has 3 heteroatoms. The Morgan fingerprint density at radius 2 is 1.39 bits per heavy atom. The number of nitrogens with zero attached hydrogens (tertiary/aromatic N) is 1. The molecule has 0 aliphatic heterocycles. The van der Waals surface area contributed by atoms with E-state index in [1.54, 1.807) is 6.20 Å². The Labute approximate surface area is 203 Å². The summed E-state index contributed by atoms with van der Waals surface area (Å²) in [6.07, 6.45) is 25.2. The number of rotatable bonds is 13. The summed E-state index contributed by atoms with van der Waals surface area (Å²) in [4.78, 5) is 17.1. The molecule has 186 valence electrons. The first kappa shape index (κ1) is 26.2. The van der Waals surface area contributed by atoms with Gasteiger partial charge in [-0.25, -0.2) is 0 Å². The van der Waals surface area contributed by atoms with Gasteiger partial charge in [0.25, 0.3) is 0 Å². The SMILES string of the molecule is CCCCCCC1CCC(CCC2CCC(C(=O)Oc3ccc(CCCC)nc3)CC2)CC1. The zero-order valence-corrected chi connectivity index (χ0v) is 21.5. The molecule has 0 saturated heterocycles. The number of hydrogen-bond acceptors (Lipinski definition) is 3. The van der Waals surface area contributed by atoms with Gasteiger partial charge in [0.15, 0.2) is 0 Å². The van der Waals surface area contributed by atoms with Gasteiger partial charge in [0, 0.05) is 5.69 Å². The molecule has 3 rings (SSSR count). The van der Waals surface area contributed by atoms with Gasteiger partial charge >= 0.3 is 5.97 Å². The predicted molar refractivity (Wildman–Crippen MR) is 137 cm³/mol. The van der Waals surface area contributed by atoms with E-state index in [4.69, 9.17) is 4.74 Å². The maximum absolute atomic E-state index is 12.6. The van der Waals surface area contributed by atoms with Gasteiger partial charge in [-0.1, -0.05) is 90.9 Å². The Bertz CT molecular complexity index is 654. The fourth-order valence-electron chi connectivity index (χ4n) is 6.00. The molecule has 2 aliphatic carbocycles. The largest absolute Gasteiger partial charge is 0.425 e. The lowest BCUT2D eigenvalue weighted by Gasteiger charge is -2.31. The van der Waals surface area contributed by atoms with Crippen LogP contribution in [0.2, 0.25) is 0 Å². The number of hydrogen-bond donors (Lipinski definition) is 0. The van der Waals surface area contributed by atoms with Crippen LogP contribution >= 0.6 is 0 Å². The molecule has 1 aromatic heterocycles. The van der Waals surface area contributed by atoms with Gasteiger partial charge in [-0.2, -0.15) is 0 Å². The van der Waals surface area contributed by atoms with E-state index in [0.717, 1.165) is 49.1 Å². The third kappa shape index (κ3) is 9.41. The molecule has 0 spiro atoms. The zero-order valence-electron chi connectivity index (χ0n) is 21.5. The van der Waals surface area contributed by atoms with E-state index in [0.29, 0.717) is 5.75 Å². The van der Waals surface area contributed by atoms with Crippen LogP contribution in [0.3, 0.4) is 0 Å². The zero-order chi connectivity index (χ0) is 23.3. The minimum atomic E-state index is -0.0474. The fraction of sp³-hybridized carbons (Fsp3) is 0.800. The molecule has 1 aromatic rings. The van der Waals surface area contributed by atoms with Crippen LogP contribution in [0.5, 0.6) is 5.75 Å². The number of carbonyl (C=O) groups is 1. The molecule has 1 heterocycles. The standard InChI is InChI=1S/C30H49NO2/c1-3-5-7-8-9-24-11-13-25(14-12-24)15-16-26-17-19-27(20-18-26)30(32)33-29-22-21-28(31-23-29)10-6-4-2/h21-27H,3-20H2,1-2H3. The molecule has 0 N–H and O–H groups in total. The van der Waals surface area contributed by atoms with Crippen molar-refractivity contribution in [2.75, 3.05) is 0 Å². The molecular formula is C30H49NO2. The average Bonchev–Trinajstić information content (AvgIpc) is 2.86. The van der Waals surface area contributed by atoms with Gasteiger partial charge in [0.05, 0.1) is 12.1 Å². The van der Waals surface area contributed by atoms with Gasteiger partial charge in [0.1, 0.15) is 5.75 Å². The monoisotopic (exact) mass is 455 g/mol. The lowest BCUT2D eigenvalue weighted by Crippen LogP contribution is -2.26. The van der Waals surface area contributed by atoms with Crippen molar-refractivity contribution in [1.82, 2.24) is 4.98 Å². The van der Waals surface area contributed by atoms with Crippen LogP contribution in [0.4, 0.5) is 0 Å².